The molecule has 2 rings (SSSR count). The van der Waals surface area contributed by atoms with Gasteiger partial charge in [0, 0.05) is 5.56 Å². The molecule has 0 bridgehead atoms. The number of hydrogen-bond acceptors (Lipinski definition) is 2. The fourth-order valence-corrected chi connectivity index (χ4v) is 1.88. The normalized spacial score (nSPS) is 10.5. The highest BCUT2D eigenvalue weighted by Crippen LogP contribution is 2.22. The van der Waals surface area contributed by atoms with Crippen molar-refractivity contribution in [3.63, 3.8) is 0 Å². The second-order valence-electron chi connectivity index (χ2n) is 4.31. The van der Waals surface area contributed by atoms with E-state index in [1.54, 1.807) is 25.1 Å². The van der Waals surface area contributed by atoms with Crippen molar-refractivity contribution < 1.29 is 14.3 Å². The summed E-state index contributed by atoms with van der Waals surface area (Å²) < 4.78 is 13.5. The van der Waals surface area contributed by atoms with Crippen LogP contribution in [0.15, 0.2) is 30.3 Å². The molecule has 98 valence electrons. The van der Waals surface area contributed by atoms with E-state index in [1.807, 2.05) is 6.92 Å². The van der Waals surface area contributed by atoms with Gasteiger partial charge in [0.15, 0.2) is 0 Å². The number of carboxylic acids is 1. The van der Waals surface area contributed by atoms with Crippen molar-refractivity contribution in [3.8, 4) is 11.3 Å². The molecule has 0 radical (unpaired) electrons. The third kappa shape index (κ3) is 2.62. The van der Waals surface area contributed by atoms with Gasteiger partial charge in [0.05, 0.1) is 17.0 Å². The number of nitrogens with zero attached hydrogens (tertiary/aromatic N) is 1. The summed E-state index contributed by atoms with van der Waals surface area (Å²) in [6, 6.07) is 8.00. The van der Waals surface area contributed by atoms with Gasteiger partial charge in [0.1, 0.15) is 5.82 Å². The molecule has 1 heterocycles. The van der Waals surface area contributed by atoms with Crippen LogP contribution in [0.4, 0.5) is 4.39 Å². The maximum atomic E-state index is 13.5. The van der Waals surface area contributed by atoms with Crippen LogP contribution >= 0.6 is 0 Å². The van der Waals surface area contributed by atoms with Crippen LogP contribution in [0, 0.1) is 12.7 Å². The Morgan fingerprint density at radius 3 is 2.63 bits per heavy atom. The highest BCUT2D eigenvalue weighted by Gasteiger charge is 2.12. The summed E-state index contributed by atoms with van der Waals surface area (Å²) >= 11 is 0. The van der Waals surface area contributed by atoms with Gasteiger partial charge in [0.2, 0.25) is 0 Å². The minimum Gasteiger partial charge on any atom is -0.478 e. The van der Waals surface area contributed by atoms with E-state index in [2.05, 4.69) is 4.98 Å². The van der Waals surface area contributed by atoms with E-state index < -0.39 is 5.97 Å². The first-order chi connectivity index (χ1) is 9.02. The van der Waals surface area contributed by atoms with Crippen LogP contribution in [0.5, 0.6) is 0 Å². The highest BCUT2D eigenvalue weighted by atomic mass is 19.1. The van der Waals surface area contributed by atoms with Crippen molar-refractivity contribution in [2.24, 2.45) is 0 Å². The maximum Gasteiger partial charge on any atom is 0.337 e. The van der Waals surface area contributed by atoms with E-state index in [9.17, 15) is 9.18 Å². The lowest BCUT2D eigenvalue weighted by Gasteiger charge is -2.07. The fraction of sp³-hybridized carbons (Fsp3) is 0.200. The van der Waals surface area contributed by atoms with Crippen molar-refractivity contribution >= 4 is 5.97 Å². The Morgan fingerprint density at radius 2 is 2.05 bits per heavy atom. The number of halogens is 1. The molecule has 3 nitrogen and oxygen atoms in total. The predicted octanol–water partition coefficient (Wildman–Crippen LogP) is 3.46. The average molecular weight is 259 g/mol. The molecule has 0 fully saturated rings. The monoisotopic (exact) mass is 259 g/mol. The Hall–Kier alpha value is -2.23. The molecular weight excluding hydrogens is 245 g/mol. The number of hydrogen-bond donors (Lipinski definition) is 1. The quantitative estimate of drug-likeness (QED) is 0.918. The summed E-state index contributed by atoms with van der Waals surface area (Å²) in [6.07, 6.45) is 0.518. The molecule has 1 aromatic carbocycles. The van der Waals surface area contributed by atoms with Gasteiger partial charge in [-0.3, -0.25) is 4.98 Å². The minimum absolute atomic E-state index is 0.193. The van der Waals surface area contributed by atoms with Crippen LogP contribution in [0.1, 0.15) is 28.5 Å². The lowest BCUT2D eigenvalue weighted by Crippen LogP contribution is -2.04. The lowest BCUT2D eigenvalue weighted by atomic mass is 10.1. The molecule has 1 aromatic heterocycles. The molecule has 0 atom stereocenters. The van der Waals surface area contributed by atoms with Gasteiger partial charge >= 0.3 is 5.97 Å². The molecule has 0 spiro atoms. The molecular formula is C15H14FNO2. The Bertz CT molecular complexity index is 638. The van der Waals surface area contributed by atoms with E-state index in [-0.39, 0.29) is 11.4 Å². The van der Waals surface area contributed by atoms with E-state index in [0.717, 1.165) is 0 Å². The second-order valence-corrected chi connectivity index (χ2v) is 4.31. The Kier molecular flexibility index (Phi) is 3.60. The number of pyridine rings is 1. The summed E-state index contributed by atoms with van der Waals surface area (Å²) in [4.78, 5) is 15.3. The number of carbonyl (C=O) groups is 1. The summed E-state index contributed by atoms with van der Waals surface area (Å²) in [6.45, 7) is 3.53. The number of aromatic carboxylic acids is 1. The van der Waals surface area contributed by atoms with Crippen molar-refractivity contribution in [2.75, 3.05) is 0 Å². The van der Waals surface area contributed by atoms with Gasteiger partial charge in [-0.05, 0) is 37.1 Å². The van der Waals surface area contributed by atoms with Crippen molar-refractivity contribution in [1.82, 2.24) is 4.98 Å². The third-order valence-corrected chi connectivity index (χ3v) is 3.01. The van der Waals surface area contributed by atoms with Gasteiger partial charge in [0.25, 0.3) is 0 Å². The van der Waals surface area contributed by atoms with E-state index in [0.29, 0.717) is 28.9 Å². The smallest absolute Gasteiger partial charge is 0.337 e. The summed E-state index contributed by atoms with van der Waals surface area (Å²) in [5.74, 6) is -1.29. The zero-order valence-corrected chi connectivity index (χ0v) is 10.8. The van der Waals surface area contributed by atoms with Gasteiger partial charge in [-0.25, -0.2) is 9.18 Å². The molecule has 1 N–H and O–H groups in total. The van der Waals surface area contributed by atoms with E-state index in [1.165, 1.54) is 12.1 Å². The average Bonchev–Trinajstić information content (AvgIpc) is 2.41. The van der Waals surface area contributed by atoms with E-state index >= 15 is 0 Å². The molecule has 0 aliphatic heterocycles. The van der Waals surface area contributed by atoms with Crippen LogP contribution in [0.3, 0.4) is 0 Å². The first-order valence-corrected chi connectivity index (χ1v) is 6.02. The summed E-state index contributed by atoms with van der Waals surface area (Å²) in [7, 11) is 0. The van der Waals surface area contributed by atoms with Crippen molar-refractivity contribution in [2.45, 2.75) is 20.3 Å². The van der Waals surface area contributed by atoms with E-state index in [4.69, 9.17) is 5.11 Å². The topological polar surface area (TPSA) is 50.2 Å². The van der Waals surface area contributed by atoms with Gasteiger partial charge in [-0.1, -0.05) is 19.1 Å². The predicted molar refractivity (Wildman–Crippen MR) is 70.7 cm³/mol. The van der Waals surface area contributed by atoms with Crippen LogP contribution in [0.2, 0.25) is 0 Å². The Morgan fingerprint density at radius 1 is 1.32 bits per heavy atom. The maximum absolute atomic E-state index is 13.5. The summed E-state index contributed by atoms with van der Waals surface area (Å²) in [5, 5.41) is 9.04. The summed E-state index contributed by atoms with van der Waals surface area (Å²) in [5.41, 5.74) is 2.50. The van der Waals surface area contributed by atoms with Gasteiger partial charge in [-0.2, -0.15) is 0 Å². The van der Waals surface area contributed by atoms with Crippen molar-refractivity contribution in [1.29, 1.82) is 0 Å². The largest absolute Gasteiger partial charge is 0.478 e. The molecule has 0 unspecified atom stereocenters. The molecule has 0 amide bonds. The third-order valence-electron chi connectivity index (χ3n) is 3.01. The molecule has 0 saturated heterocycles. The molecule has 4 heteroatoms. The van der Waals surface area contributed by atoms with Crippen LogP contribution in [-0.4, -0.2) is 16.1 Å². The first-order valence-electron chi connectivity index (χ1n) is 6.02. The lowest BCUT2D eigenvalue weighted by molar-refractivity contribution is 0.0695. The fourth-order valence-electron chi connectivity index (χ4n) is 1.88. The second kappa shape index (κ2) is 5.18. The van der Waals surface area contributed by atoms with Gasteiger partial charge < -0.3 is 5.11 Å². The van der Waals surface area contributed by atoms with Gasteiger partial charge in [-0.15, -0.1) is 0 Å². The number of aryl methyl sites for hydroxylation is 2. The molecule has 0 saturated carbocycles. The standard InChI is InChI=1S/C15H14FNO2/c1-3-13-11(15(18)19)6-7-14(17-13)10-5-4-9(2)12(16)8-10/h4-8H,3H2,1-2H3,(H,18,19). The zero-order valence-electron chi connectivity index (χ0n) is 10.8. The number of rotatable bonds is 3. The highest BCUT2D eigenvalue weighted by molar-refractivity contribution is 5.89. The SMILES string of the molecule is CCc1nc(-c2ccc(C)c(F)c2)ccc1C(=O)O. The number of benzene rings is 1. The Labute approximate surface area is 110 Å². The molecule has 0 aliphatic carbocycles. The minimum atomic E-state index is -0.994. The molecule has 2 aromatic rings. The number of carboxylic acid groups (broad SMARTS) is 1. The first kappa shape index (κ1) is 13.2. The number of aromatic nitrogens is 1. The van der Waals surface area contributed by atoms with Crippen LogP contribution in [-0.2, 0) is 6.42 Å². The molecule has 19 heavy (non-hydrogen) atoms. The zero-order chi connectivity index (χ0) is 14.0. The van der Waals surface area contributed by atoms with Crippen LogP contribution in [0.25, 0.3) is 11.3 Å². The molecule has 0 aliphatic rings. The van der Waals surface area contributed by atoms with Crippen molar-refractivity contribution in [3.05, 3.63) is 53.0 Å². The Balaban J connectivity index is 2.51. The van der Waals surface area contributed by atoms with Crippen LogP contribution < -0.4 is 0 Å².